The Kier molecular flexibility index (Phi) is 3.35. The molecule has 0 radical (unpaired) electrons. The van der Waals surface area contributed by atoms with Gasteiger partial charge in [0.1, 0.15) is 5.56 Å². The second-order valence-electron chi connectivity index (χ2n) is 5.30. The summed E-state index contributed by atoms with van der Waals surface area (Å²) in [7, 11) is 0. The molecule has 7 heteroatoms. The van der Waals surface area contributed by atoms with Crippen LogP contribution in [0.25, 0.3) is 15.9 Å². The number of fused-ring (bicyclic) bond motifs is 2. The summed E-state index contributed by atoms with van der Waals surface area (Å²) in [5.41, 5.74) is 1.78. The van der Waals surface area contributed by atoms with Crippen LogP contribution in [-0.2, 0) is 0 Å². The Bertz CT molecular complexity index is 1140. The van der Waals surface area contributed by atoms with Crippen LogP contribution < -0.4 is 10.9 Å². The van der Waals surface area contributed by atoms with Gasteiger partial charge in [0.15, 0.2) is 4.96 Å². The number of carbonyl (C=O) groups is 1. The quantitative estimate of drug-likeness (QED) is 0.611. The van der Waals surface area contributed by atoms with Gasteiger partial charge in [0, 0.05) is 28.9 Å². The molecule has 0 saturated carbocycles. The van der Waals surface area contributed by atoms with Gasteiger partial charge in [-0.05, 0) is 31.2 Å². The third kappa shape index (κ3) is 2.26. The topological polar surface area (TPSA) is 76.4 Å². The molecule has 4 rings (SSSR count). The van der Waals surface area contributed by atoms with Crippen molar-refractivity contribution in [1.29, 1.82) is 0 Å². The van der Waals surface area contributed by atoms with Gasteiger partial charge in [-0.3, -0.25) is 19.0 Å². The standard InChI is InChI=1S/C17H12N4O2S/c1-10-9-24-17-19-8-12(16(23)21(10)17)15(22)20-14-6-2-5-13-11(14)4-3-7-18-13/h2-9H,1H3,(H,20,22). The van der Waals surface area contributed by atoms with E-state index in [-0.39, 0.29) is 11.1 Å². The Hall–Kier alpha value is -3.06. The molecule has 3 heterocycles. The molecule has 0 aliphatic heterocycles. The maximum atomic E-state index is 12.6. The molecule has 1 amide bonds. The number of carbonyl (C=O) groups excluding carboxylic acids is 1. The van der Waals surface area contributed by atoms with E-state index in [0.29, 0.717) is 10.6 Å². The van der Waals surface area contributed by atoms with Crippen molar-refractivity contribution in [3.63, 3.8) is 0 Å². The highest BCUT2D eigenvalue weighted by Crippen LogP contribution is 2.21. The average Bonchev–Trinajstić information content (AvgIpc) is 2.97. The van der Waals surface area contributed by atoms with E-state index in [4.69, 9.17) is 0 Å². The largest absolute Gasteiger partial charge is 0.321 e. The Morgan fingerprint density at radius 3 is 2.96 bits per heavy atom. The van der Waals surface area contributed by atoms with E-state index in [2.05, 4.69) is 15.3 Å². The number of nitrogens with one attached hydrogen (secondary N) is 1. The SMILES string of the molecule is Cc1csc2ncc(C(=O)Nc3cccc4ncccc34)c(=O)n12. The molecule has 0 saturated heterocycles. The van der Waals surface area contributed by atoms with Gasteiger partial charge in [-0.2, -0.15) is 0 Å². The minimum absolute atomic E-state index is 0.00916. The van der Waals surface area contributed by atoms with Gasteiger partial charge < -0.3 is 5.32 Å². The zero-order valence-corrected chi connectivity index (χ0v) is 13.5. The van der Waals surface area contributed by atoms with E-state index in [1.54, 1.807) is 18.3 Å². The monoisotopic (exact) mass is 336 g/mol. The van der Waals surface area contributed by atoms with Gasteiger partial charge in [-0.1, -0.05) is 6.07 Å². The summed E-state index contributed by atoms with van der Waals surface area (Å²) >= 11 is 1.37. The molecular weight excluding hydrogens is 324 g/mol. The first kappa shape index (κ1) is 14.5. The molecule has 0 atom stereocenters. The Morgan fingerprint density at radius 1 is 1.21 bits per heavy atom. The van der Waals surface area contributed by atoms with Crippen LogP contribution in [0, 0.1) is 6.92 Å². The predicted octanol–water partition coefficient (Wildman–Crippen LogP) is 2.86. The lowest BCUT2D eigenvalue weighted by Crippen LogP contribution is -2.26. The summed E-state index contributed by atoms with van der Waals surface area (Å²) in [5, 5.41) is 5.44. The number of aryl methyl sites for hydroxylation is 1. The van der Waals surface area contributed by atoms with Gasteiger partial charge in [-0.15, -0.1) is 11.3 Å². The fraction of sp³-hybridized carbons (Fsp3) is 0.0588. The Balaban J connectivity index is 1.78. The molecule has 0 aliphatic rings. The van der Waals surface area contributed by atoms with Crippen molar-refractivity contribution >= 4 is 38.8 Å². The number of benzene rings is 1. The van der Waals surface area contributed by atoms with Crippen molar-refractivity contribution in [2.45, 2.75) is 6.92 Å². The highest BCUT2D eigenvalue weighted by Gasteiger charge is 2.16. The maximum absolute atomic E-state index is 12.6. The number of anilines is 1. The van der Waals surface area contributed by atoms with Crippen LogP contribution in [0.1, 0.15) is 16.1 Å². The van der Waals surface area contributed by atoms with Crippen molar-refractivity contribution in [3.8, 4) is 0 Å². The minimum Gasteiger partial charge on any atom is -0.321 e. The molecule has 0 bridgehead atoms. The van der Waals surface area contributed by atoms with Gasteiger partial charge in [0.2, 0.25) is 0 Å². The number of hydrogen-bond donors (Lipinski definition) is 1. The van der Waals surface area contributed by atoms with Gasteiger partial charge >= 0.3 is 0 Å². The van der Waals surface area contributed by atoms with Crippen molar-refractivity contribution in [2.75, 3.05) is 5.32 Å². The molecule has 24 heavy (non-hydrogen) atoms. The molecule has 3 aromatic heterocycles. The van der Waals surface area contributed by atoms with Crippen LogP contribution in [0.3, 0.4) is 0 Å². The minimum atomic E-state index is -0.483. The number of pyridine rings is 1. The van der Waals surface area contributed by atoms with Crippen LogP contribution in [0.2, 0.25) is 0 Å². The van der Waals surface area contributed by atoms with Crippen LogP contribution in [-0.4, -0.2) is 20.3 Å². The molecule has 0 fully saturated rings. The van der Waals surface area contributed by atoms with E-state index in [0.717, 1.165) is 16.6 Å². The van der Waals surface area contributed by atoms with Crippen molar-refractivity contribution in [1.82, 2.24) is 14.4 Å². The Labute approximate surface area is 140 Å². The van der Waals surface area contributed by atoms with Crippen LogP contribution in [0.5, 0.6) is 0 Å². The van der Waals surface area contributed by atoms with Crippen LogP contribution >= 0.6 is 11.3 Å². The molecule has 1 N–H and O–H groups in total. The first-order valence-corrected chi connectivity index (χ1v) is 8.14. The lowest BCUT2D eigenvalue weighted by Gasteiger charge is -2.08. The van der Waals surface area contributed by atoms with E-state index >= 15 is 0 Å². The highest BCUT2D eigenvalue weighted by molar-refractivity contribution is 7.15. The summed E-state index contributed by atoms with van der Waals surface area (Å²) in [6.45, 7) is 1.81. The average molecular weight is 336 g/mol. The fourth-order valence-corrected chi connectivity index (χ4v) is 3.41. The van der Waals surface area contributed by atoms with Gasteiger partial charge in [-0.25, -0.2) is 4.98 Å². The number of hydrogen-bond acceptors (Lipinski definition) is 5. The predicted molar refractivity (Wildman–Crippen MR) is 93.8 cm³/mol. The molecule has 118 valence electrons. The second kappa shape index (κ2) is 5.54. The van der Waals surface area contributed by atoms with Crippen LogP contribution in [0.15, 0.2) is 52.9 Å². The molecule has 4 aromatic rings. The highest BCUT2D eigenvalue weighted by atomic mass is 32.1. The van der Waals surface area contributed by atoms with E-state index in [1.165, 1.54) is 21.9 Å². The number of nitrogens with zero attached hydrogens (tertiary/aromatic N) is 3. The molecule has 0 unspecified atom stereocenters. The fourth-order valence-electron chi connectivity index (χ4n) is 2.58. The zero-order chi connectivity index (χ0) is 16.7. The third-order valence-electron chi connectivity index (χ3n) is 3.75. The summed E-state index contributed by atoms with van der Waals surface area (Å²) in [5.74, 6) is -0.483. The summed E-state index contributed by atoms with van der Waals surface area (Å²) in [4.78, 5) is 34.2. The van der Waals surface area contributed by atoms with Crippen molar-refractivity contribution < 1.29 is 4.79 Å². The smallest absolute Gasteiger partial charge is 0.271 e. The zero-order valence-electron chi connectivity index (χ0n) is 12.7. The van der Waals surface area contributed by atoms with Gasteiger partial charge in [0.05, 0.1) is 11.2 Å². The molecule has 0 spiro atoms. The molecular formula is C17H12N4O2S. The van der Waals surface area contributed by atoms with Gasteiger partial charge in [0.25, 0.3) is 11.5 Å². The first-order chi connectivity index (χ1) is 11.6. The Morgan fingerprint density at radius 2 is 2.08 bits per heavy atom. The lowest BCUT2D eigenvalue weighted by atomic mass is 10.1. The number of amides is 1. The first-order valence-electron chi connectivity index (χ1n) is 7.26. The third-order valence-corrected chi connectivity index (χ3v) is 4.71. The van der Waals surface area contributed by atoms with E-state index in [9.17, 15) is 9.59 Å². The maximum Gasteiger partial charge on any atom is 0.271 e. The number of aromatic nitrogens is 3. The summed E-state index contributed by atoms with van der Waals surface area (Å²) < 4.78 is 1.45. The van der Waals surface area contributed by atoms with E-state index in [1.807, 2.05) is 30.5 Å². The van der Waals surface area contributed by atoms with Crippen LogP contribution in [0.4, 0.5) is 5.69 Å². The summed E-state index contributed by atoms with van der Waals surface area (Å²) in [6.07, 6.45) is 3.02. The summed E-state index contributed by atoms with van der Waals surface area (Å²) in [6, 6.07) is 9.12. The van der Waals surface area contributed by atoms with Crippen molar-refractivity contribution in [3.05, 3.63) is 69.7 Å². The molecule has 6 nitrogen and oxygen atoms in total. The molecule has 1 aromatic carbocycles. The number of rotatable bonds is 2. The normalized spacial score (nSPS) is 11.0. The second-order valence-corrected chi connectivity index (χ2v) is 6.14. The van der Waals surface area contributed by atoms with E-state index < -0.39 is 5.91 Å². The van der Waals surface area contributed by atoms with Crippen molar-refractivity contribution in [2.24, 2.45) is 0 Å². The lowest BCUT2D eigenvalue weighted by molar-refractivity contribution is 0.102. The molecule has 0 aliphatic carbocycles. The number of thiazole rings is 1.